The Bertz CT molecular complexity index is 1870. The fraction of sp³-hybridized carbons (Fsp3) is 0.930. The summed E-state index contributed by atoms with van der Waals surface area (Å²) in [5.74, 6) is 0.372. The van der Waals surface area contributed by atoms with E-state index in [2.05, 4.69) is 80.6 Å². The van der Waals surface area contributed by atoms with Crippen LogP contribution in [0.25, 0.3) is 0 Å². The zero-order chi connectivity index (χ0) is 52.1. The molecule has 19 unspecified atom stereocenters. The monoisotopic (exact) mass is 1000 g/mol. The average molecular weight is 1000 g/mol. The van der Waals surface area contributed by atoms with E-state index in [4.69, 9.17) is 23.7 Å². The summed E-state index contributed by atoms with van der Waals surface area (Å²) in [6.07, 6.45) is 4.70. The van der Waals surface area contributed by atoms with Crippen molar-refractivity contribution in [3.63, 3.8) is 0 Å². The number of amides is 1. The molecule has 0 aromatic rings. The third-order valence-electron chi connectivity index (χ3n) is 20.6. The van der Waals surface area contributed by atoms with Crippen LogP contribution < -0.4 is 5.32 Å². The Morgan fingerprint density at radius 2 is 1.38 bits per heavy atom. The van der Waals surface area contributed by atoms with Crippen molar-refractivity contribution in [2.45, 2.75) is 264 Å². The van der Waals surface area contributed by atoms with E-state index in [0.29, 0.717) is 24.7 Å². The molecule has 4 saturated carbocycles. The van der Waals surface area contributed by atoms with Crippen molar-refractivity contribution in [2.75, 3.05) is 20.3 Å². The Kier molecular flexibility index (Phi) is 17.6. The lowest BCUT2D eigenvalue weighted by Crippen LogP contribution is -2.69. The third-order valence-corrected chi connectivity index (χ3v) is 20.6. The van der Waals surface area contributed by atoms with E-state index in [-0.39, 0.29) is 38.9 Å². The first kappa shape index (κ1) is 57.2. The van der Waals surface area contributed by atoms with Gasteiger partial charge in [-0.2, -0.15) is 0 Å². The molecule has 0 bridgehead atoms. The van der Waals surface area contributed by atoms with Gasteiger partial charge in [0.25, 0.3) is 5.91 Å². The van der Waals surface area contributed by atoms with E-state index in [0.717, 1.165) is 83.5 Å². The van der Waals surface area contributed by atoms with Gasteiger partial charge in [-0.25, -0.2) is 0 Å². The number of rotatable bonds is 18. The normalized spacial score (nSPS) is 45.4. The van der Waals surface area contributed by atoms with Crippen molar-refractivity contribution in [3.05, 3.63) is 11.6 Å². The summed E-state index contributed by atoms with van der Waals surface area (Å²) in [5, 5.41) is 68.5. The number of hydrogen-bond donors (Lipinski definition) is 7. The van der Waals surface area contributed by atoms with Crippen molar-refractivity contribution in [3.8, 4) is 0 Å². The van der Waals surface area contributed by atoms with Crippen molar-refractivity contribution < 1.29 is 63.9 Å². The molecule has 0 aromatic carbocycles. The number of hydrogen-bond acceptors (Lipinski definition) is 13. The summed E-state index contributed by atoms with van der Waals surface area (Å²) in [4.78, 5) is 28.5. The topological polar surface area (TPSA) is 214 Å². The molecule has 2 heterocycles. The molecule has 0 aromatic heterocycles. The van der Waals surface area contributed by atoms with Crippen LogP contribution in [0.5, 0.6) is 0 Å². The van der Waals surface area contributed by atoms with Crippen LogP contribution in [0.4, 0.5) is 0 Å². The molecule has 408 valence electrons. The number of Topliss-reactive ketones (excluding diaryl/α,β-unsaturated/α-hetero) is 1. The number of fused-ring (bicyclic) bond motifs is 7. The van der Waals surface area contributed by atoms with Gasteiger partial charge < -0.3 is 59.6 Å². The number of carbonyl (C=O) groups excluding carboxylic acids is 2. The quantitative estimate of drug-likeness (QED) is 0.0405. The molecule has 1 amide bonds. The number of methoxy groups -OCH3 is 1. The van der Waals surface area contributed by atoms with Gasteiger partial charge in [-0.3, -0.25) is 9.59 Å². The van der Waals surface area contributed by atoms with Crippen LogP contribution in [0.2, 0.25) is 0 Å². The number of carbonyl (C=O) groups is 2. The summed E-state index contributed by atoms with van der Waals surface area (Å²) in [6.45, 7) is 22.5. The second kappa shape index (κ2) is 21.8. The average Bonchev–Trinajstić information content (AvgIpc) is 3.32. The van der Waals surface area contributed by atoms with E-state index in [1.54, 1.807) is 7.11 Å². The van der Waals surface area contributed by atoms with Crippen molar-refractivity contribution in [1.29, 1.82) is 0 Å². The zero-order valence-electron chi connectivity index (χ0n) is 45.6. The van der Waals surface area contributed by atoms with E-state index in [1.165, 1.54) is 37.7 Å². The Morgan fingerprint density at radius 3 is 2.01 bits per heavy atom. The lowest BCUT2D eigenvalue weighted by atomic mass is 9.33. The first-order valence-corrected chi connectivity index (χ1v) is 28.0. The standard InChI is InChI=1S/C57H97NO13/c1-12-13-14-15-16-17-18-19-20-31-58-47(65)45-42(62)43(63)46(71-48-44(64)41(61)40(60)36(33-59)68-48)49(70-45)69-39-24-25-53(7)37-22-21-34-35-32-52(5,6)27-29-57(35,50(66)51(2,3)4)30-28-54(34,8)55(37,9)26-23-38(53)56(39,10)67-11/h21,35-46,48-49,59-64H,12-20,22-33H2,1-11H3,(H,58,65). The number of ketones is 1. The molecule has 71 heavy (non-hydrogen) atoms. The minimum atomic E-state index is -1.80. The SMILES string of the molecule is CCCCCCCCCCCNC(=O)C1OC(OC2CCC3(C)C(CCC4(C)C3CC=C3C5CC(C)(C)CCC5(C(=O)C(C)(C)C)CCC34C)C2(C)OC)C(OC2OC(CO)C(O)C(O)C2O)C(O)C1O. The summed E-state index contributed by atoms with van der Waals surface area (Å²) < 4.78 is 31.9. The number of aliphatic hydroxyl groups is 6. The summed E-state index contributed by atoms with van der Waals surface area (Å²) in [5.41, 5.74) is -0.295. The molecule has 7 rings (SSSR count). The smallest absolute Gasteiger partial charge is 0.252 e. The molecule has 5 aliphatic carbocycles. The second-order valence-electron chi connectivity index (χ2n) is 26.3. The van der Waals surface area contributed by atoms with E-state index in [1.807, 2.05) is 0 Å². The van der Waals surface area contributed by atoms with Gasteiger partial charge in [0.1, 0.15) is 48.5 Å². The highest BCUT2D eigenvalue weighted by molar-refractivity contribution is 5.90. The lowest BCUT2D eigenvalue weighted by Gasteiger charge is -2.71. The maximum Gasteiger partial charge on any atom is 0.252 e. The highest BCUT2D eigenvalue weighted by Gasteiger charge is 2.71. The molecule has 14 nitrogen and oxygen atoms in total. The van der Waals surface area contributed by atoms with Crippen LogP contribution in [0.3, 0.4) is 0 Å². The minimum absolute atomic E-state index is 0.0218. The van der Waals surface area contributed by atoms with Gasteiger partial charge in [-0.05, 0) is 117 Å². The Balaban J connectivity index is 1.13. The molecule has 2 aliphatic heterocycles. The zero-order valence-corrected chi connectivity index (χ0v) is 45.6. The van der Waals surface area contributed by atoms with Crippen LogP contribution in [0.1, 0.15) is 191 Å². The van der Waals surface area contributed by atoms with Gasteiger partial charge >= 0.3 is 0 Å². The number of nitrogens with one attached hydrogen (secondary N) is 1. The van der Waals surface area contributed by atoms with E-state index < -0.39 is 91.0 Å². The van der Waals surface area contributed by atoms with Gasteiger partial charge in [-0.15, -0.1) is 0 Å². The highest BCUT2D eigenvalue weighted by Crippen LogP contribution is 2.76. The first-order chi connectivity index (χ1) is 33.3. The lowest BCUT2D eigenvalue weighted by molar-refractivity contribution is -0.377. The summed E-state index contributed by atoms with van der Waals surface area (Å²) >= 11 is 0. The Morgan fingerprint density at radius 1 is 0.732 bits per heavy atom. The molecule has 2 saturated heterocycles. The van der Waals surface area contributed by atoms with Crippen molar-refractivity contribution >= 4 is 11.7 Å². The third kappa shape index (κ3) is 10.4. The number of allylic oxidation sites excluding steroid dienone is 2. The van der Waals surface area contributed by atoms with E-state index >= 15 is 0 Å². The van der Waals surface area contributed by atoms with Crippen LogP contribution in [-0.4, -0.2) is 136 Å². The highest BCUT2D eigenvalue weighted by atomic mass is 16.8. The molecule has 7 N–H and O–H groups in total. The molecule has 0 radical (unpaired) electrons. The van der Waals surface area contributed by atoms with Crippen LogP contribution in [-0.2, 0) is 33.3 Å². The van der Waals surface area contributed by atoms with Crippen LogP contribution >= 0.6 is 0 Å². The van der Waals surface area contributed by atoms with Gasteiger partial charge in [0, 0.05) is 24.5 Å². The second-order valence-corrected chi connectivity index (χ2v) is 26.3. The molecule has 0 spiro atoms. The number of ether oxygens (including phenoxy) is 5. The van der Waals surface area contributed by atoms with Gasteiger partial charge in [0.05, 0.1) is 18.3 Å². The van der Waals surface area contributed by atoms with Gasteiger partial charge in [-0.1, -0.05) is 125 Å². The molecule has 6 fully saturated rings. The number of unbranched alkanes of at least 4 members (excludes halogenated alkanes) is 8. The maximum absolute atomic E-state index is 14.7. The van der Waals surface area contributed by atoms with Gasteiger partial charge in [0.2, 0.25) is 0 Å². The number of aliphatic hydroxyl groups excluding tert-OH is 6. The fourth-order valence-electron chi connectivity index (χ4n) is 16.0. The largest absolute Gasteiger partial charge is 0.394 e. The van der Waals surface area contributed by atoms with Gasteiger partial charge in [0.15, 0.2) is 18.7 Å². The van der Waals surface area contributed by atoms with Crippen LogP contribution in [0.15, 0.2) is 11.6 Å². The molecular weight excluding hydrogens is 907 g/mol. The first-order valence-electron chi connectivity index (χ1n) is 28.0. The van der Waals surface area contributed by atoms with Crippen LogP contribution in [0, 0.1) is 50.2 Å². The fourth-order valence-corrected chi connectivity index (χ4v) is 16.0. The molecule has 14 heteroatoms. The Labute approximate surface area is 426 Å². The summed E-state index contributed by atoms with van der Waals surface area (Å²) in [6, 6.07) is 0. The predicted molar refractivity (Wildman–Crippen MR) is 270 cm³/mol. The molecule has 7 aliphatic rings. The van der Waals surface area contributed by atoms with Crippen molar-refractivity contribution in [2.24, 2.45) is 50.2 Å². The van der Waals surface area contributed by atoms with E-state index in [9.17, 15) is 40.2 Å². The summed E-state index contributed by atoms with van der Waals surface area (Å²) in [7, 11) is 1.71. The van der Waals surface area contributed by atoms with Crippen molar-refractivity contribution in [1.82, 2.24) is 5.32 Å². The Hall–Kier alpha value is -1.56. The maximum atomic E-state index is 14.7. The molecule has 19 atom stereocenters. The molecular formula is C57H97NO13. The predicted octanol–water partition coefficient (Wildman–Crippen LogP) is 7.45. The minimum Gasteiger partial charge on any atom is -0.394 e.